The van der Waals surface area contributed by atoms with Gasteiger partial charge in [0.2, 0.25) is 11.9 Å². The molecule has 1 unspecified atom stereocenters. The normalized spacial score (nSPS) is 16.5. The number of anilines is 1. The van der Waals surface area contributed by atoms with E-state index in [9.17, 15) is 4.79 Å². The van der Waals surface area contributed by atoms with E-state index in [2.05, 4.69) is 15.4 Å². The molecular weight excluding hydrogens is 334 g/mol. The number of hydrogen-bond donors (Lipinski definition) is 2. The fourth-order valence-electron chi connectivity index (χ4n) is 3.09. The molecule has 126 valence electrons. The molecular formula is C18H17N5OS. The summed E-state index contributed by atoms with van der Waals surface area (Å²) in [4.78, 5) is 17.8. The Morgan fingerprint density at radius 3 is 2.64 bits per heavy atom. The highest BCUT2D eigenvalue weighted by Crippen LogP contribution is 2.39. The Hall–Kier alpha value is -2.93. The van der Waals surface area contributed by atoms with Crippen molar-refractivity contribution in [3.63, 3.8) is 0 Å². The fourth-order valence-corrected chi connectivity index (χ4v) is 4.11. The summed E-state index contributed by atoms with van der Waals surface area (Å²) in [5.74, 6) is 0.769. The van der Waals surface area contributed by atoms with E-state index in [0.717, 1.165) is 16.0 Å². The molecule has 3 aromatic rings. The molecule has 7 heteroatoms. The number of aryl methyl sites for hydroxylation is 1. The minimum atomic E-state index is -0.454. The van der Waals surface area contributed by atoms with Crippen LogP contribution in [0.25, 0.3) is 11.4 Å². The molecule has 0 radical (unpaired) electrons. The summed E-state index contributed by atoms with van der Waals surface area (Å²) >= 11 is 1.59. The highest BCUT2D eigenvalue weighted by atomic mass is 32.1. The first-order chi connectivity index (χ1) is 12.1. The zero-order valence-corrected chi connectivity index (χ0v) is 14.7. The minimum Gasteiger partial charge on any atom is -0.366 e. The Morgan fingerprint density at radius 1 is 1.24 bits per heavy atom. The Morgan fingerprint density at radius 2 is 2.00 bits per heavy atom. The topological polar surface area (TPSA) is 85.8 Å². The Bertz CT molecular complexity index is 986. The summed E-state index contributed by atoms with van der Waals surface area (Å²) in [5, 5.41) is 9.85. The predicted molar refractivity (Wildman–Crippen MR) is 98.2 cm³/mol. The van der Waals surface area contributed by atoms with Gasteiger partial charge in [-0.15, -0.1) is 16.4 Å². The monoisotopic (exact) mass is 351 g/mol. The van der Waals surface area contributed by atoms with Gasteiger partial charge in [-0.25, -0.2) is 4.68 Å². The molecule has 6 nitrogen and oxygen atoms in total. The molecule has 0 saturated carbocycles. The number of carbonyl (C=O) groups is 1. The van der Waals surface area contributed by atoms with Crippen LogP contribution >= 0.6 is 11.3 Å². The summed E-state index contributed by atoms with van der Waals surface area (Å²) in [5.41, 5.74) is 8.94. The number of nitrogens with two attached hydrogens (primary N) is 1. The van der Waals surface area contributed by atoms with Gasteiger partial charge in [0.25, 0.3) is 0 Å². The summed E-state index contributed by atoms with van der Waals surface area (Å²) < 4.78 is 1.76. The third-order valence-corrected chi connectivity index (χ3v) is 5.37. The molecule has 1 atom stereocenters. The summed E-state index contributed by atoms with van der Waals surface area (Å²) in [6, 6.07) is 11.4. The lowest BCUT2D eigenvalue weighted by Crippen LogP contribution is -2.31. The van der Waals surface area contributed by atoms with Crippen molar-refractivity contribution in [2.45, 2.75) is 19.9 Å². The smallest absolute Gasteiger partial charge is 0.248 e. The second kappa shape index (κ2) is 5.86. The van der Waals surface area contributed by atoms with Crippen molar-refractivity contribution in [1.29, 1.82) is 0 Å². The van der Waals surface area contributed by atoms with Crippen LogP contribution in [0.3, 0.4) is 0 Å². The van der Waals surface area contributed by atoms with Gasteiger partial charge >= 0.3 is 0 Å². The number of amides is 1. The number of hydrogen-bond acceptors (Lipinski definition) is 5. The number of fused-ring (bicyclic) bond motifs is 1. The number of rotatable bonds is 3. The van der Waals surface area contributed by atoms with E-state index in [4.69, 9.17) is 5.73 Å². The van der Waals surface area contributed by atoms with Crippen molar-refractivity contribution in [1.82, 2.24) is 14.8 Å². The first kappa shape index (κ1) is 15.6. The van der Waals surface area contributed by atoms with Crippen LogP contribution in [0.15, 0.2) is 53.0 Å². The van der Waals surface area contributed by atoms with Gasteiger partial charge in [0.1, 0.15) is 6.04 Å². The fraction of sp³-hybridized carbons (Fsp3) is 0.167. The summed E-state index contributed by atoms with van der Waals surface area (Å²) in [7, 11) is 0. The van der Waals surface area contributed by atoms with Crippen molar-refractivity contribution in [2.75, 3.05) is 5.32 Å². The van der Waals surface area contributed by atoms with Crippen LogP contribution in [0, 0.1) is 6.92 Å². The highest BCUT2D eigenvalue weighted by molar-refractivity contribution is 7.10. The highest BCUT2D eigenvalue weighted by Gasteiger charge is 2.34. The van der Waals surface area contributed by atoms with Gasteiger partial charge < -0.3 is 11.1 Å². The molecule has 3 N–H and O–H groups in total. The first-order valence-electron chi connectivity index (χ1n) is 7.90. The Balaban J connectivity index is 1.91. The average Bonchev–Trinajstić information content (AvgIpc) is 3.20. The number of nitrogens with one attached hydrogen (secondary N) is 1. The number of nitrogens with zero attached hydrogens (tertiary/aromatic N) is 3. The molecule has 1 aromatic carbocycles. The summed E-state index contributed by atoms with van der Waals surface area (Å²) in [6.07, 6.45) is 0. The van der Waals surface area contributed by atoms with E-state index < -0.39 is 5.91 Å². The zero-order valence-electron chi connectivity index (χ0n) is 13.9. The minimum absolute atomic E-state index is 0.362. The lowest BCUT2D eigenvalue weighted by molar-refractivity contribution is -0.115. The van der Waals surface area contributed by atoms with Crippen molar-refractivity contribution in [3.05, 3.63) is 63.5 Å². The van der Waals surface area contributed by atoms with Gasteiger partial charge in [-0.05, 0) is 30.9 Å². The molecule has 1 amide bonds. The summed E-state index contributed by atoms with van der Waals surface area (Å²) in [6.45, 7) is 3.87. The second-order valence-corrected chi connectivity index (χ2v) is 6.92. The van der Waals surface area contributed by atoms with Crippen molar-refractivity contribution in [3.8, 4) is 11.4 Å². The van der Waals surface area contributed by atoms with E-state index in [1.54, 1.807) is 16.0 Å². The van der Waals surface area contributed by atoms with Crippen LogP contribution in [0.1, 0.15) is 23.4 Å². The van der Waals surface area contributed by atoms with Gasteiger partial charge in [-0.2, -0.15) is 4.98 Å². The SMILES string of the molecule is CC1=C(C(N)=O)C(c2sccc2C)n2nc(-c3ccccc3)nc2N1. The van der Waals surface area contributed by atoms with Crippen LogP contribution in [0.4, 0.5) is 5.95 Å². The second-order valence-electron chi connectivity index (χ2n) is 5.97. The van der Waals surface area contributed by atoms with Gasteiger partial charge in [-0.1, -0.05) is 30.3 Å². The van der Waals surface area contributed by atoms with Crippen LogP contribution in [0.5, 0.6) is 0 Å². The maximum atomic E-state index is 12.1. The molecule has 0 saturated heterocycles. The van der Waals surface area contributed by atoms with E-state index in [1.165, 1.54) is 0 Å². The number of thiophene rings is 1. The molecule has 0 aliphatic carbocycles. The molecule has 4 rings (SSSR count). The van der Waals surface area contributed by atoms with Gasteiger partial charge in [-0.3, -0.25) is 4.79 Å². The molecule has 3 heterocycles. The Kier molecular flexibility index (Phi) is 3.65. The number of aromatic nitrogens is 3. The van der Waals surface area contributed by atoms with Crippen molar-refractivity contribution in [2.24, 2.45) is 5.73 Å². The van der Waals surface area contributed by atoms with Gasteiger partial charge in [0.05, 0.1) is 5.57 Å². The van der Waals surface area contributed by atoms with Crippen LogP contribution in [-0.2, 0) is 4.79 Å². The molecule has 0 bridgehead atoms. The first-order valence-corrected chi connectivity index (χ1v) is 8.77. The standard InChI is InChI=1S/C18H17N5OS/c1-10-8-9-25-15(10)14-13(16(19)24)11(2)20-18-21-17(22-23(14)18)12-6-4-3-5-7-12/h3-9,14H,1-2H3,(H2,19,24)(H,20,21,22). The van der Waals surface area contributed by atoms with Crippen LogP contribution in [0.2, 0.25) is 0 Å². The largest absolute Gasteiger partial charge is 0.366 e. The molecule has 0 fully saturated rings. The maximum Gasteiger partial charge on any atom is 0.248 e. The molecule has 2 aromatic heterocycles. The number of allylic oxidation sites excluding steroid dienone is 1. The van der Waals surface area contributed by atoms with Gasteiger partial charge in [0.15, 0.2) is 5.82 Å². The number of carbonyl (C=O) groups excluding carboxylic acids is 1. The quantitative estimate of drug-likeness (QED) is 0.759. The lowest BCUT2D eigenvalue weighted by Gasteiger charge is -2.27. The average molecular weight is 351 g/mol. The molecule has 1 aliphatic rings. The third kappa shape index (κ3) is 2.53. The van der Waals surface area contributed by atoms with Crippen LogP contribution in [-0.4, -0.2) is 20.7 Å². The van der Waals surface area contributed by atoms with Crippen LogP contribution < -0.4 is 11.1 Å². The number of primary amides is 1. The third-order valence-electron chi connectivity index (χ3n) is 4.30. The lowest BCUT2D eigenvalue weighted by atomic mass is 9.99. The van der Waals surface area contributed by atoms with E-state index >= 15 is 0 Å². The van der Waals surface area contributed by atoms with E-state index in [-0.39, 0.29) is 6.04 Å². The molecule has 1 aliphatic heterocycles. The van der Waals surface area contributed by atoms with Crippen molar-refractivity contribution < 1.29 is 4.79 Å². The maximum absolute atomic E-state index is 12.1. The zero-order chi connectivity index (χ0) is 17.6. The van der Waals surface area contributed by atoms with Crippen molar-refractivity contribution >= 4 is 23.2 Å². The number of benzene rings is 1. The molecule has 25 heavy (non-hydrogen) atoms. The molecule has 0 spiro atoms. The predicted octanol–water partition coefficient (Wildman–Crippen LogP) is 3.09. The Labute approximate surface area is 149 Å². The van der Waals surface area contributed by atoms with E-state index in [0.29, 0.717) is 23.0 Å². The van der Waals surface area contributed by atoms with Gasteiger partial charge in [0, 0.05) is 16.1 Å². The van der Waals surface area contributed by atoms with E-state index in [1.807, 2.05) is 55.6 Å².